The summed E-state index contributed by atoms with van der Waals surface area (Å²) in [5, 5.41) is 3.39. The van der Waals surface area contributed by atoms with E-state index in [1.165, 1.54) is 5.56 Å². The summed E-state index contributed by atoms with van der Waals surface area (Å²) in [6.07, 6.45) is 3.10. The van der Waals surface area contributed by atoms with Crippen LogP contribution >= 0.6 is 0 Å². The monoisotopic (exact) mass is 235 g/mol. The van der Waals surface area contributed by atoms with E-state index in [1.54, 1.807) is 0 Å². The van der Waals surface area contributed by atoms with Crippen molar-refractivity contribution in [3.05, 3.63) is 23.9 Å². The summed E-state index contributed by atoms with van der Waals surface area (Å²) in [4.78, 5) is 6.73. The third kappa shape index (κ3) is 4.35. The number of hydrogen-bond acceptors (Lipinski definition) is 3. The van der Waals surface area contributed by atoms with Crippen molar-refractivity contribution in [3.8, 4) is 0 Å². The van der Waals surface area contributed by atoms with Crippen LogP contribution in [0.2, 0.25) is 0 Å². The van der Waals surface area contributed by atoms with E-state index in [2.05, 4.69) is 62.1 Å². The van der Waals surface area contributed by atoms with Crippen LogP contribution in [0, 0.1) is 0 Å². The van der Waals surface area contributed by atoms with Crippen molar-refractivity contribution in [3.63, 3.8) is 0 Å². The molecule has 1 N–H and O–H groups in total. The molecule has 3 heteroatoms. The first-order valence-corrected chi connectivity index (χ1v) is 6.45. The van der Waals surface area contributed by atoms with Gasteiger partial charge < -0.3 is 10.2 Å². The van der Waals surface area contributed by atoms with Crippen LogP contribution in [0.5, 0.6) is 0 Å². The van der Waals surface area contributed by atoms with Crippen LogP contribution in [-0.4, -0.2) is 24.1 Å². The van der Waals surface area contributed by atoms with E-state index in [9.17, 15) is 0 Å². The van der Waals surface area contributed by atoms with Gasteiger partial charge in [-0.2, -0.15) is 0 Å². The van der Waals surface area contributed by atoms with E-state index in [4.69, 9.17) is 0 Å². The topological polar surface area (TPSA) is 28.2 Å². The maximum atomic E-state index is 4.51. The first kappa shape index (κ1) is 14.0. The van der Waals surface area contributed by atoms with E-state index in [-0.39, 0.29) is 0 Å². The Labute approximate surface area is 105 Å². The molecule has 0 amide bonds. The van der Waals surface area contributed by atoms with Crippen molar-refractivity contribution >= 4 is 5.82 Å². The van der Waals surface area contributed by atoms with Gasteiger partial charge in [0.2, 0.25) is 0 Å². The van der Waals surface area contributed by atoms with Gasteiger partial charge in [-0.05, 0) is 25.0 Å². The predicted octanol–water partition coefficient (Wildman–Crippen LogP) is 2.81. The lowest BCUT2D eigenvalue weighted by Crippen LogP contribution is -2.28. The molecule has 0 aliphatic heterocycles. The molecule has 1 aromatic rings. The van der Waals surface area contributed by atoms with Crippen molar-refractivity contribution < 1.29 is 0 Å². The number of pyridine rings is 1. The lowest BCUT2D eigenvalue weighted by molar-refractivity contribution is 0.587. The van der Waals surface area contributed by atoms with E-state index < -0.39 is 0 Å². The predicted molar refractivity (Wildman–Crippen MR) is 74.4 cm³/mol. The molecule has 0 saturated carbocycles. The molecule has 3 nitrogen and oxygen atoms in total. The fraction of sp³-hybridized carbons (Fsp3) is 0.643. The SMILES string of the molecule is CCC(C)N(C)c1ccc(CNC(C)C)cn1. The molecule has 1 heterocycles. The Kier molecular flexibility index (Phi) is 5.42. The van der Waals surface area contributed by atoms with Crippen molar-refractivity contribution in [1.29, 1.82) is 0 Å². The van der Waals surface area contributed by atoms with Gasteiger partial charge in [0.1, 0.15) is 5.82 Å². The van der Waals surface area contributed by atoms with Crippen molar-refractivity contribution in [2.45, 2.75) is 52.7 Å². The first-order chi connectivity index (χ1) is 8.04. The highest BCUT2D eigenvalue weighted by molar-refractivity contribution is 5.39. The molecule has 0 radical (unpaired) electrons. The minimum atomic E-state index is 0.512. The van der Waals surface area contributed by atoms with Crippen molar-refractivity contribution in [2.24, 2.45) is 0 Å². The number of nitrogens with one attached hydrogen (secondary N) is 1. The normalized spacial score (nSPS) is 12.8. The van der Waals surface area contributed by atoms with Gasteiger partial charge in [0, 0.05) is 31.9 Å². The molecule has 0 aromatic carbocycles. The van der Waals surface area contributed by atoms with Gasteiger partial charge in [0.15, 0.2) is 0 Å². The molecule has 0 bridgehead atoms. The first-order valence-electron chi connectivity index (χ1n) is 6.45. The van der Waals surface area contributed by atoms with Gasteiger partial charge in [-0.1, -0.05) is 26.8 Å². The fourth-order valence-electron chi connectivity index (χ4n) is 1.55. The summed E-state index contributed by atoms with van der Waals surface area (Å²) in [5.41, 5.74) is 1.24. The second-order valence-electron chi connectivity index (χ2n) is 4.93. The van der Waals surface area contributed by atoms with E-state index in [0.717, 1.165) is 18.8 Å². The summed E-state index contributed by atoms with van der Waals surface area (Å²) >= 11 is 0. The van der Waals surface area contributed by atoms with Crippen LogP contribution in [0.25, 0.3) is 0 Å². The smallest absolute Gasteiger partial charge is 0.128 e. The van der Waals surface area contributed by atoms with Gasteiger partial charge >= 0.3 is 0 Å². The maximum Gasteiger partial charge on any atom is 0.128 e. The molecule has 1 rings (SSSR count). The molecule has 0 fully saturated rings. The second-order valence-corrected chi connectivity index (χ2v) is 4.93. The van der Waals surface area contributed by atoms with Crippen LogP contribution in [0.4, 0.5) is 5.82 Å². The molecule has 1 unspecified atom stereocenters. The summed E-state index contributed by atoms with van der Waals surface area (Å²) < 4.78 is 0. The minimum absolute atomic E-state index is 0.512. The second kappa shape index (κ2) is 6.60. The highest BCUT2D eigenvalue weighted by atomic mass is 15.2. The average Bonchev–Trinajstić information content (AvgIpc) is 2.35. The Morgan fingerprint density at radius 1 is 1.29 bits per heavy atom. The fourth-order valence-corrected chi connectivity index (χ4v) is 1.55. The van der Waals surface area contributed by atoms with Gasteiger partial charge in [0.25, 0.3) is 0 Å². The molecular formula is C14H25N3. The van der Waals surface area contributed by atoms with Gasteiger partial charge in [-0.25, -0.2) is 4.98 Å². The van der Waals surface area contributed by atoms with Crippen molar-refractivity contribution in [2.75, 3.05) is 11.9 Å². The Bertz CT molecular complexity index is 319. The van der Waals surface area contributed by atoms with Crippen LogP contribution in [-0.2, 0) is 6.54 Å². The zero-order chi connectivity index (χ0) is 12.8. The summed E-state index contributed by atoms with van der Waals surface area (Å²) in [6, 6.07) is 5.29. The van der Waals surface area contributed by atoms with E-state index in [0.29, 0.717) is 12.1 Å². The number of anilines is 1. The molecule has 1 atom stereocenters. The van der Waals surface area contributed by atoms with Crippen LogP contribution in [0.1, 0.15) is 39.7 Å². The number of nitrogens with zero attached hydrogens (tertiary/aromatic N) is 2. The highest BCUT2D eigenvalue weighted by Gasteiger charge is 2.08. The average molecular weight is 235 g/mol. The summed E-state index contributed by atoms with van der Waals surface area (Å²) in [7, 11) is 2.10. The lowest BCUT2D eigenvalue weighted by atomic mass is 10.2. The number of rotatable bonds is 6. The van der Waals surface area contributed by atoms with Gasteiger partial charge in [-0.15, -0.1) is 0 Å². The Morgan fingerprint density at radius 2 is 2.00 bits per heavy atom. The van der Waals surface area contributed by atoms with Gasteiger partial charge in [0.05, 0.1) is 0 Å². The standard InChI is InChI=1S/C14H25N3/c1-6-12(4)17(5)14-8-7-13(10-16-14)9-15-11(2)3/h7-8,10-12,15H,6,9H2,1-5H3. The Balaban J connectivity index is 2.61. The number of hydrogen-bond donors (Lipinski definition) is 1. The molecule has 96 valence electrons. The third-order valence-corrected chi connectivity index (χ3v) is 3.14. The number of aromatic nitrogens is 1. The third-order valence-electron chi connectivity index (χ3n) is 3.14. The Hall–Kier alpha value is -1.09. The molecule has 0 aliphatic carbocycles. The van der Waals surface area contributed by atoms with Crippen LogP contribution in [0.3, 0.4) is 0 Å². The minimum Gasteiger partial charge on any atom is -0.357 e. The van der Waals surface area contributed by atoms with Crippen LogP contribution in [0.15, 0.2) is 18.3 Å². The van der Waals surface area contributed by atoms with Gasteiger partial charge in [-0.3, -0.25) is 0 Å². The van der Waals surface area contributed by atoms with E-state index in [1.807, 2.05) is 6.20 Å². The largest absolute Gasteiger partial charge is 0.357 e. The van der Waals surface area contributed by atoms with Crippen LogP contribution < -0.4 is 10.2 Å². The maximum absolute atomic E-state index is 4.51. The lowest BCUT2D eigenvalue weighted by Gasteiger charge is -2.24. The molecule has 1 aromatic heterocycles. The van der Waals surface area contributed by atoms with Crippen molar-refractivity contribution in [1.82, 2.24) is 10.3 Å². The molecule has 0 spiro atoms. The molecule has 0 aliphatic rings. The molecule has 0 saturated heterocycles. The molecular weight excluding hydrogens is 210 g/mol. The quantitative estimate of drug-likeness (QED) is 0.822. The van der Waals surface area contributed by atoms with E-state index >= 15 is 0 Å². The highest BCUT2D eigenvalue weighted by Crippen LogP contribution is 2.13. The molecule has 17 heavy (non-hydrogen) atoms. The zero-order valence-corrected chi connectivity index (χ0v) is 11.7. The zero-order valence-electron chi connectivity index (χ0n) is 11.7. The summed E-state index contributed by atoms with van der Waals surface area (Å²) in [5.74, 6) is 1.05. The summed E-state index contributed by atoms with van der Waals surface area (Å²) in [6.45, 7) is 9.60. The Morgan fingerprint density at radius 3 is 2.47 bits per heavy atom.